The number of carbonyl (C=O) groups excluding carboxylic acids is 1. The van der Waals surface area contributed by atoms with Gasteiger partial charge in [0.15, 0.2) is 22.9 Å². The van der Waals surface area contributed by atoms with Crippen molar-refractivity contribution in [1.82, 2.24) is 19.3 Å². The summed E-state index contributed by atoms with van der Waals surface area (Å²) in [6, 6.07) is 6.83. The second-order valence-electron chi connectivity index (χ2n) is 8.73. The molecule has 6 nitrogen and oxygen atoms in total. The third-order valence-corrected chi connectivity index (χ3v) is 6.19. The molecule has 1 amide bonds. The van der Waals surface area contributed by atoms with Crippen LogP contribution in [0.1, 0.15) is 54.0 Å². The fourth-order valence-corrected chi connectivity index (χ4v) is 4.29. The number of fused-ring (bicyclic) bond motifs is 1. The summed E-state index contributed by atoms with van der Waals surface area (Å²) in [7, 11) is 0. The monoisotopic (exact) mass is 422 g/mol. The number of halogens is 1. The Morgan fingerprint density at radius 1 is 1.19 bits per heavy atom. The van der Waals surface area contributed by atoms with Gasteiger partial charge in [-0.25, -0.2) is 14.4 Å². The molecule has 1 saturated carbocycles. The highest BCUT2D eigenvalue weighted by molar-refractivity contribution is 5.95. The van der Waals surface area contributed by atoms with E-state index in [1.165, 1.54) is 18.9 Å². The number of likely N-dealkylation sites (tertiary alicyclic amines) is 1. The Morgan fingerprint density at radius 2 is 2.06 bits per heavy atom. The van der Waals surface area contributed by atoms with Crippen LogP contribution in [-0.4, -0.2) is 44.4 Å². The third kappa shape index (κ3) is 4.27. The molecule has 0 N–H and O–H groups in total. The first-order chi connectivity index (χ1) is 15.1. The lowest BCUT2D eigenvalue weighted by Crippen LogP contribution is -2.45. The summed E-state index contributed by atoms with van der Waals surface area (Å²) in [4.78, 5) is 24.5. The molecule has 1 unspecified atom stereocenters. The number of piperidine rings is 1. The smallest absolute Gasteiger partial charge is 0.276 e. The molecular formula is C24H27FN4O2. The molecule has 31 heavy (non-hydrogen) atoms. The molecule has 4 heterocycles. The first-order valence-corrected chi connectivity index (χ1v) is 11.1. The first kappa shape index (κ1) is 20.0. The number of hydrogen-bond donors (Lipinski definition) is 0. The molecule has 1 atom stereocenters. The van der Waals surface area contributed by atoms with Crippen molar-refractivity contribution in [2.45, 2.75) is 51.5 Å². The Labute approximate surface area is 181 Å². The molecule has 162 valence electrons. The lowest BCUT2D eigenvalue weighted by Gasteiger charge is -2.35. The molecule has 1 aliphatic heterocycles. The zero-order valence-electron chi connectivity index (χ0n) is 17.8. The highest BCUT2D eigenvalue weighted by Gasteiger charge is 2.31. The van der Waals surface area contributed by atoms with Gasteiger partial charge < -0.3 is 14.0 Å². The van der Waals surface area contributed by atoms with E-state index < -0.39 is 0 Å². The number of rotatable bonds is 6. The number of carbonyl (C=O) groups is 1. The van der Waals surface area contributed by atoms with E-state index in [0.29, 0.717) is 42.6 Å². The molecule has 2 aliphatic rings. The van der Waals surface area contributed by atoms with Crippen molar-refractivity contribution < 1.29 is 13.9 Å². The molecule has 0 radical (unpaired) electrons. The van der Waals surface area contributed by atoms with E-state index in [4.69, 9.17) is 4.74 Å². The summed E-state index contributed by atoms with van der Waals surface area (Å²) < 4.78 is 21.7. The van der Waals surface area contributed by atoms with Crippen LogP contribution in [0.2, 0.25) is 0 Å². The predicted octanol–water partition coefficient (Wildman–Crippen LogP) is 4.20. The lowest BCUT2D eigenvalue weighted by molar-refractivity contribution is 0.0601. The zero-order chi connectivity index (χ0) is 21.4. The van der Waals surface area contributed by atoms with Crippen molar-refractivity contribution in [2.75, 3.05) is 13.2 Å². The third-order valence-electron chi connectivity index (χ3n) is 6.19. The van der Waals surface area contributed by atoms with Crippen LogP contribution in [0.3, 0.4) is 0 Å². The van der Waals surface area contributed by atoms with Crippen LogP contribution in [0.4, 0.5) is 4.39 Å². The number of pyridine rings is 2. The van der Waals surface area contributed by atoms with E-state index in [-0.39, 0.29) is 17.8 Å². The summed E-state index contributed by atoms with van der Waals surface area (Å²) in [5, 5.41) is 0. The van der Waals surface area contributed by atoms with E-state index in [1.54, 1.807) is 16.7 Å². The predicted molar refractivity (Wildman–Crippen MR) is 115 cm³/mol. The van der Waals surface area contributed by atoms with Gasteiger partial charge >= 0.3 is 0 Å². The minimum absolute atomic E-state index is 0.00724. The number of imidazole rings is 1. The Bertz CT molecular complexity index is 1110. The average molecular weight is 423 g/mol. The van der Waals surface area contributed by atoms with Gasteiger partial charge in [-0.2, -0.15) is 0 Å². The number of hydrogen-bond acceptors (Lipinski definition) is 4. The molecule has 1 aliphatic carbocycles. The van der Waals surface area contributed by atoms with Crippen molar-refractivity contribution in [2.24, 2.45) is 5.92 Å². The van der Waals surface area contributed by atoms with Crippen molar-refractivity contribution in [3.63, 3.8) is 0 Å². The molecule has 2 fully saturated rings. The minimum Gasteiger partial charge on any atom is -0.491 e. The van der Waals surface area contributed by atoms with Crippen molar-refractivity contribution in [3.05, 3.63) is 59.6 Å². The van der Waals surface area contributed by atoms with Gasteiger partial charge in [-0.15, -0.1) is 0 Å². The van der Waals surface area contributed by atoms with Crippen molar-refractivity contribution in [3.8, 4) is 5.75 Å². The second-order valence-corrected chi connectivity index (χ2v) is 8.73. The normalized spacial score (nSPS) is 19.0. The number of aryl methyl sites for hydroxylation is 1. The Balaban J connectivity index is 1.39. The maximum Gasteiger partial charge on any atom is 0.276 e. The highest BCUT2D eigenvalue weighted by Crippen LogP contribution is 2.31. The molecule has 0 aromatic carbocycles. The fourth-order valence-electron chi connectivity index (χ4n) is 4.29. The molecule has 7 heteroatoms. The maximum atomic E-state index is 14.1. The van der Waals surface area contributed by atoms with Gasteiger partial charge in [0.1, 0.15) is 0 Å². The van der Waals surface area contributed by atoms with Gasteiger partial charge in [0.25, 0.3) is 5.91 Å². The van der Waals surface area contributed by atoms with Gasteiger partial charge in [0.2, 0.25) is 0 Å². The summed E-state index contributed by atoms with van der Waals surface area (Å²) in [6.45, 7) is 3.21. The van der Waals surface area contributed by atoms with Gasteiger partial charge in [0, 0.05) is 37.1 Å². The number of amides is 1. The lowest BCUT2D eigenvalue weighted by atomic mass is 9.97. The molecule has 1 saturated heterocycles. The minimum atomic E-state index is -0.341. The summed E-state index contributed by atoms with van der Waals surface area (Å²) in [6.07, 6.45) is 9.54. The molecular weight excluding hydrogens is 395 g/mol. The van der Waals surface area contributed by atoms with E-state index in [2.05, 4.69) is 9.97 Å². The van der Waals surface area contributed by atoms with Gasteiger partial charge in [-0.3, -0.25) is 4.79 Å². The molecule has 3 aromatic heterocycles. The number of aromatic nitrogens is 3. The summed E-state index contributed by atoms with van der Waals surface area (Å²) in [5.74, 6) is 0.741. The van der Waals surface area contributed by atoms with Gasteiger partial charge in [-0.1, -0.05) is 0 Å². The van der Waals surface area contributed by atoms with Crippen LogP contribution in [0.15, 0.2) is 36.7 Å². The second kappa shape index (κ2) is 8.29. The maximum absolute atomic E-state index is 14.1. The number of ether oxygens (including phenoxy) is 1. The van der Waals surface area contributed by atoms with Crippen LogP contribution >= 0.6 is 0 Å². The quantitative estimate of drug-likeness (QED) is 0.597. The van der Waals surface area contributed by atoms with E-state index in [1.807, 2.05) is 30.2 Å². The van der Waals surface area contributed by atoms with E-state index >= 15 is 0 Å². The molecule has 0 bridgehead atoms. The topological polar surface area (TPSA) is 59.7 Å². The van der Waals surface area contributed by atoms with Crippen LogP contribution in [0, 0.1) is 18.7 Å². The standard InChI is InChI=1S/C24H27FN4O2/c1-16-7-10-21(31-15-17-8-9-17)22(26-16)24(30)29-12-3-2-5-19(29)13-18-14-28-11-4-6-20(25)23(28)27-18/h4,6-7,10-11,14,17,19H,2-3,5,8-9,12-13,15H2,1H3. The van der Waals surface area contributed by atoms with E-state index in [9.17, 15) is 9.18 Å². The van der Waals surface area contributed by atoms with Crippen molar-refractivity contribution in [1.29, 1.82) is 0 Å². The van der Waals surface area contributed by atoms with Gasteiger partial charge in [-0.05, 0) is 69.2 Å². The SMILES string of the molecule is Cc1ccc(OCC2CC2)c(C(=O)N2CCCCC2Cc2cn3cccc(F)c3n2)n1. The Kier molecular flexibility index (Phi) is 5.34. The Hall–Kier alpha value is -2.96. The average Bonchev–Trinajstić information content (AvgIpc) is 3.51. The van der Waals surface area contributed by atoms with Crippen LogP contribution in [0.25, 0.3) is 5.65 Å². The van der Waals surface area contributed by atoms with Crippen LogP contribution < -0.4 is 4.74 Å². The van der Waals surface area contributed by atoms with Crippen LogP contribution in [-0.2, 0) is 6.42 Å². The first-order valence-electron chi connectivity index (χ1n) is 11.1. The highest BCUT2D eigenvalue weighted by atomic mass is 19.1. The molecule has 5 rings (SSSR count). The van der Waals surface area contributed by atoms with Crippen LogP contribution in [0.5, 0.6) is 5.75 Å². The largest absolute Gasteiger partial charge is 0.491 e. The van der Waals surface area contributed by atoms with Crippen molar-refractivity contribution >= 4 is 11.6 Å². The summed E-state index contributed by atoms with van der Waals surface area (Å²) >= 11 is 0. The van der Waals surface area contributed by atoms with E-state index in [0.717, 1.165) is 30.7 Å². The Morgan fingerprint density at radius 3 is 2.87 bits per heavy atom. The van der Waals surface area contributed by atoms with Gasteiger partial charge in [0.05, 0.1) is 12.3 Å². The zero-order valence-corrected chi connectivity index (χ0v) is 17.8. The fraction of sp³-hybridized carbons (Fsp3) is 0.458. The summed E-state index contributed by atoms with van der Waals surface area (Å²) in [5.41, 5.74) is 2.31. The number of nitrogens with zero attached hydrogens (tertiary/aromatic N) is 4. The molecule has 3 aromatic rings. The molecule has 0 spiro atoms.